The first kappa shape index (κ1) is 39.8. The highest BCUT2D eigenvalue weighted by Crippen LogP contribution is 2.31. The van der Waals surface area contributed by atoms with E-state index in [9.17, 15) is 15.0 Å². The lowest BCUT2D eigenvalue weighted by Gasteiger charge is -2.38. The summed E-state index contributed by atoms with van der Waals surface area (Å²) in [7, 11) is 1.61. The van der Waals surface area contributed by atoms with E-state index in [1.807, 2.05) is 43.3 Å². The van der Waals surface area contributed by atoms with Gasteiger partial charge in [0.15, 0.2) is 0 Å². The second kappa shape index (κ2) is 23.1. The molecule has 260 valence electrons. The van der Waals surface area contributed by atoms with Crippen LogP contribution in [0.2, 0.25) is 0 Å². The van der Waals surface area contributed by atoms with Gasteiger partial charge in [-0.05, 0) is 73.4 Å². The largest absolute Gasteiger partial charge is 0.387 e. The van der Waals surface area contributed by atoms with E-state index in [4.69, 9.17) is 18.9 Å². The van der Waals surface area contributed by atoms with Gasteiger partial charge in [-0.2, -0.15) is 0 Å². The molecule has 0 aromatic heterocycles. The quantitative estimate of drug-likeness (QED) is 0.0985. The van der Waals surface area contributed by atoms with E-state index in [0.717, 1.165) is 68.1 Å². The van der Waals surface area contributed by atoms with Crippen molar-refractivity contribution in [1.82, 2.24) is 5.32 Å². The molecule has 5 atom stereocenters. The topological polar surface area (TPSA) is 106 Å². The van der Waals surface area contributed by atoms with Crippen molar-refractivity contribution in [1.29, 1.82) is 0 Å². The van der Waals surface area contributed by atoms with Crippen molar-refractivity contribution in [3.63, 3.8) is 0 Å². The molecule has 0 aliphatic heterocycles. The van der Waals surface area contributed by atoms with E-state index in [1.54, 1.807) is 13.1 Å². The summed E-state index contributed by atoms with van der Waals surface area (Å²) in [5.41, 5.74) is 3.82. The molecule has 8 nitrogen and oxygen atoms in total. The second-order valence-corrected chi connectivity index (χ2v) is 12.1. The number of unbranched alkanes of at least 4 members (excludes halogenated alkanes) is 4. The smallest absolute Gasteiger partial charge is 0.251 e. The van der Waals surface area contributed by atoms with E-state index < -0.39 is 24.4 Å². The molecule has 2 aromatic carbocycles. The van der Waals surface area contributed by atoms with Crippen LogP contribution in [0.3, 0.4) is 0 Å². The Morgan fingerprint density at radius 1 is 0.739 bits per heavy atom. The van der Waals surface area contributed by atoms with Crippen molar-refractivity contribution in [3.05, 3.63) is 59.2 Å². The van der Waals surface area contributed by atoms with Gasteiger partial charge in [0.25, 0.3) is 5.91 Å². The molecule has 8 heteroatoms. The average Bonchev–Trinajstić information content (AvgIpc) is 3.07. The van der Waals surface area contributed by atoms with Gasteiger partial charge in [-0.1, -0.05) is 83.7 Å². The summed E-state index contributed by atoms with van der Waals surface area (Å²) in [5.74, 6) is -0.150. The average molecular weight is 644 g/mol. The van der Waals surface area contributed by atoms with Crippen LogP contribution in [0.1, 0.15) is 113 Å². The Kier molecular flexibility index (Phi) is 20.0. The molecule has 2 rings (SSSR count). The number of benzene rings is 2. The molecule has 0 saturated carbocycles. The highest BCUT2D eigenvalue weighted by Gasteiger charge is 2.40. The molecule has 4 unspecified atom stereocenters. The normalized spacial score (nSPS) is 14.9. The van der Waals surface area contributed by atoms with Crippen LogP contribution in [0.5, 0.6) is 0 Å². The van der Waals surface area contributed by atoms with Gasteiger partial charge in [0.1, 0.15) is 24.4 Å². The number of hydrogen-bond donors (Lipinski definition) is 3. The third kappa shape index (κ3) is 13.1. The van der Waals surface area contributed by atoms with Gasteiger partial charge in [-0.15, -0.1) is 0 Å². The molecule has 0 heterocycles. The summed E-state index contributed by atoms with van der Waals surface area (Å²) in [6.07, 6.45) is 3.95. The standard InChI is InChI=1S/C38H61NO7/c1-7-11-21-43-25-20-33(44-22-12-8-2)36(45-23-13-9-3)37(46-24-14-10-4)35(41)34(40)32-19-18-30(26-28(32)5)29-16-15-17-31(27-29)38(42)39-6/h15-19,26-27,33-37,40-41H,7-14,20-25H2,1-6H3,(H,39,42)/t33?,34-,35?,36?,37?/m0/s1. The molecule has 1 amide bonds. The zero-order valence-corrected chi connectivity index (χ0v) is 29.3. The number of nitrogens with one attached hydrogen (secondary N) is 1. The molecule has 3 N–H and O–H groups in total. The molecule has 0 bridgehead atoms. The van der Waals surface area contributed by atoms with Gasteiger partial charge >= 0.3 is 0 Å². The molecule has 2 aromatic rings. The van der Waals surface area contributed by atoms with E-state index in [-0.39, 0.29) is 12.0 Å². The van der Waals surface area contributed by atoms with Crippen LogP contribution in [0.25, 0.3) is 11.1 Å². The minimum atomic E-state index is -1.26. The fourth-order valence-electron chi connectivity index (χ4n) is 5.33. The predicted octanol–water partition coefficient (Wildman–Crippen LogP) is 7.18. The number of aliphatic hydroxyl groups excluding tert-OH is 2. The summed E-state index contributed by atoms with van der Waals surface area (Å²) in [6.45, 7) is 13.1. The molecule has 0 aliphatic rings. The first-order valence-corrected chi connectivity index (χ1v) is 17.5. The Morgan fingerprint density at radius 3 is 1.93 bits per heavy atom. The van der Waals surface area contributed by atoms with Crippen LogP contribution in [0.15, 0.2) is 42.5 Å². The summed E-state index contributed by atoms with van der Waals surface area (Å²) in [6, 6.07) is 13.2. The third-order valence-electron chi connectivity index (χ3n) is 8.26. The van der Waals surface area contributed by atoms with Crippen molar-refractivity contribution in [2.45, 2.75) is 123 Å². The second-order valence-electron chi connectivity index (χ2n) is 12.1. The number of hydrogen-bond acceptors (Lipinski definition) is 7. The number of ether oxygens (including phenoxy) is 4. The van der Waals surface area contributed by atoms with Gasteiger partial charge < -0.3 is 34.5 Å². The van der Waals surface area contributed by atoms with E-state index in [0.29, 0.717) is 50.6 Å². The summed E-state index contributed by atoms with van der Waals surface area (Å²) in [4.78, 5) is 12.2. The van der Waals surface area contributed by atoms with Crippen LogP contribution in [0, 0.1) is 6.92 Å². The predicted molar refractivity (Wildman–Crippen MR) is 185 cm³/mol. The number of carbonyl (C=O) groups is 1. The fourth-order valence-corrected chi connectivity index (χ4v) is 5.33. The van der Waals surface area contributed by atoms with Gasteiger partial charge in [0.2, 0.25) is 0 Å². The van der Waals surface area contributed by atoms with Crippen LogP contribution in [-0.4, -0.2) is 80.6 Å². The van der Waals surface area contributed by atoms with Crippen LogP contribution < -0.4 is 5.32 Å². The summed E-state index contributed by atoms with van der Waals surface area (Å²) in [5, 5.41) is 26.2. The Labute approximate surface area is 278 Å². The van der Waals surface area contributed by atoms with E-state index in [1.165, 1.54) is 0 Å². The Hall–Kier alpha value is -2.33. The van der Waals surface area contributed by atoms with Gasteiger partial charge in [0, 0.05) is 45.6 Å². The van der Waals surface area contributed by atoms with Crippen molar-refractivity contribution in [2.24, 2.45) is 0 Å². The molecule has 0 fully saturated rings. The Morgan fingerprint density at radius 2 is 1.33 bits per heavy atom. The maximum atomic E-state index is 12.2. The number of amides is 1. The summed E-state index contributed by atoms with van der Waals surface area (Å²) < 4.78 is 25.2. The molecule has 0 spiro atoms. The minimum absolute atomic E-state index is 0.150. The minimum Gasteiger partial charge on any atom is -0.387 e. The molecule has 0 radical (unpaired) electrons. The van der Waals surface area contributed by atoms with Crippen molar-refractivity contribution in [2.75, 3.05) is 40.1 Å². The van der Waals surface area contributed by atoms with Gasteiger partial charge in [-0.3, -0.25) is 4.79 Å². The zero-order chi connectivity index (χ0) is 33.7. The lowest BCUT2D eigenvalue weighted by Crippen LogP contribution is -2.51. The van der Waals surface area contributed by atoms with Crippen LogP contribution in [-0.2, 0) is 18.9 Å². The van der Waals surface area contributed by atoms with Crippen molar-refractivity contribution in [3.8, 4) is 11.1 Å². The first-order valence-electron chi connectivity index (χ1n) is 17.5. The van der Waals surface area contributed by atoms with Crippen LogP contribution in [0.4, 0.5) is 0 Å². The third-order valence-corrected chi connectivity index (χ3v) is 8.26. The number of aryl methyl sites for hydroxylation is 1. The SMILES string of the molecule is CCCCOCCC(OCCCC)C(OCCCC)C(OCCCC)C(O)[C@@H](O)c1ccc(-c2cccc(C(=O)NC)c2)cc1C. The summed E-state index contributed by atoms with van der Waals surface area (Å²) >= 11 is 0. The highest BCUT2D eigenvalue weighted by atomic mass is 16.6. The number of rotatable bonds is 25. The molecule has 46 heavy (non-hydrogen) atoms. The van der Waals surface area contributed by atoms with Crippen LogP contribution >= 0.6 is 0 Å². The number of aliphatic hydroxyl groups is 2. The molecule has 0 saturated heterocycles. The first-order chi connectivity index (χ1) is 22.3. The maximum Gasteiger partial charge on any atom is 0.251 e. The lowest BCUT2D eigenvalue weighted by atomic mass is 9.90. The van der Waals surface area contributed by atoms with E-state index in [2.05, 4.69) is 33.0 Å². The Balaban J connectivity index is 2.41. The monoisotopic (exact) mass is 643 g/mol. The Bertz CT molecular complexity index is 1110. The van der Waals surface area contributed by atoms with Gasteiger partial charge in [-0.25, -0.2) is 0 Å². The molecule has 0 aliphatic carbocycles. The number of carbonyl (C=O) groups excluding carboxylic acids is 1. The maximum absolute atomic E-state index is 12.2. The zero-order valence-electron chi connectivity index (χ0n) is 29.3. The highest BCUT2D eigenvalue weighted by molar-refractivity contribution is 5.95. The van der Waals surface area contributed by atoms with E-state index >= 15 is 0 Å². The van der Waals surface area contributed by atoms with Crippen molar-refractivity contribution < 1.29 is 34.0 Å². The molecular formula is C38H61NO7. The molecular weight excluding hydrogens is 582 g/mol. The van der Waals surface area contributed by atoms with Crippen molar-refractivity contribution >= 4 is 5.91 Å². The van der Waals surface area contributed by atoms with Gasteiger partial charge in [0.05, 0.1) is 6.10 Å². The lowest BCUT2D eigenvalue weighted by molar-refractivity contribution is -0.189. The fraction of sp³-hybridized carbons (Fsp3) is 0.658.